The van der Waals surface area contributed by atoms with Crippen LogP contribution < -0.4 is 20.1 Å². The van der Waals surface area contributed by atoms with Crippen molar-refractivity contribution in [3.8, 4) is 11.5 Å². The second-order valence-corrected chi connectivity index (χ2v) is 6.09. The lowest BCUT2D eigenvalue weighted by Gasteiger charge is -2.09. The van der Waals surface area contributed by atoms with Crippen molar-refractivity contribution in [2.24, 2.45) is 0 Å². The Hall–Kier alpha value is -3.81. The molecule has 0 fully saturated rings. The molecule has 2 rings (SSSR count). The maximum atomic E-state index is 11.9. The quantitative estimate of drug-likeness (QED) is 0.484. The summed E-state index contributed by atoms with van der Waals surface area (Å²) in [5.74, 6) is -0.154. The van der Waals surface area contributed by atoms with Crippen LogP contribution in [0.3, 0.4) is 0 Å². The van der Waals surface area contributed by atoms with E-state index < -0.39 is 18.5 Å². The number of hydrogen-bond donors (Lipinski definition) is 2. The lowest BCUT2D eigenvalue weighted by Crippen LogP contribution is -2.20. The van der Waals surface area contributed by atoms with Crippen LogP contribution in [0.4, 0.5) is 11.4 Å². The number of anilines is 2. The molecule has 0 saturated heterocycles. The first-order valence-electron chi connectivity index (χ1n) is 9.24. The van der Waals surface area contributed by atoms with Gasteiger partial charge in [-0.3, -0.25) is 9.59 Å². The maximum absolute atomic E-state index is 11.9. The fourth-order valence-electron chi connectivity index (χ4n) is 2.45. The van der Waals surface area contributed by atoms with Crippen molar-refractivity contribution in [2.45, 2.75) is 13.8 Å². The van der Waals surface area contributed by atoms with Gasteiger partial charge in [-0.15, -0.1) is 0 Å². The van der Waals surface area contributed by atoms with Crippen molar-refractivity contribution in [1.29, 1.82) is 0 Å². The van der Waals surface area contributed by atoms with Gasteiger partial charge in [-0.1, -0.05) is 6.07 Å². The summed E-state index contributed by atoms with van der Waals surface area (Å²) in [6, 6.07) is 11.8. The number of carbonyl (C=O) groups excluding carboxylic acids is 3. The summed E-state index contributed by atoms with van der Waals surface area (Å²) < 4.78 is 15.6. The molecular formula is C22H24N2O6. The van der Waals surface area contributed by atoms with Gasteiger partial charge in [-0.25, -0.2) is 4.79 Å². The highest BCUT2D eigenvalue weighted by Gasteiger charge is 2.07. The number of esters is 1. The smallest absolute Gasteiger partial charge is 0.331 e. The molecule has 0 aliphatic heterocycles. The molecule has 0 saturated carbocycles. The van der Waals surface area contributed by atoms with E-state index in [0.717, 1.165) is 5.56 Å². The zero-order valence-electron chi connectivity index (χ0n) is 17.1. The molecule has 30 heavy (non-hydrogen) atoms. The van der Waals surface area contributed by atoms with Crippen molar-refractivity contribution >= 4 is 35.2 Å². The molecule has 2 N–H and O–H groups in total. The van der Waals surface area contributed by atoms with E-state index in [1.54, 1.807) is 48.5 Å². The van der Waals surface area contributed by atoms with Crippen molar-refractivity contribution in [3.05, 3.63) is 54.1 Å². The fourth-order valence-corrected chi connectivity index (χ4v) is 2.45. The van der Waals surface area contributed by atoms with Gasteiger partial charge in [-0.2, -0.15) is 0 Å². The topological polar surface area (TPSA) is 103 Å². The predicted octanol–water partition coefficient (Wildman–Crippen LogP) is 3.25. The number of methoxy groups -OCH3 is 1. The fraction of sp³-hybridized carbons (Fsp3) is 0.227. The number of hydrogen-bond acceptors (Lipinski definition) is 6. The molecule has 2 aromatic carbocycles. The minimum absolute atomic E-state index is 0.185. The largest absolute Gasteiger partial charge is 0.493 e. The average Bonchev–Trinajstić information content (AvgIpc) is 2.72. The van der Waals surface area contributed by atoms with Crippen LogP contribution in [0, 0.1) is 0 Å². The third kappa shape index (κ3) is 7.31. The minimum atomic E-state index is -0.654. The predicted molar refractivity (Wildman–Crippen MR) is 114 cm³/mol. The number of benzene rings is 2. The SMILES string of the molecule is CCOc1ccc(/C=C/C(=O)OCC(=O)Nc2ccc(NC(C)=O)cc2)cc1OC. The molecular weight excluding hydrogens is 388 g/mol. The number of rotatable bonds is 9. The van der Waals surface area contributed by atoms with Gasteiger partial charge >= 0.3 is 5.97 Å². The summed E-state index contributed by atoms with van der Waals surface area (Å²) in [5, 5.41) is 5.23. The van der Waals surface area contributed by atoms with E-state index in [1.807, 2.05) is 6.92 Å². The molecule has 0 bridgehead atoms. The van der Waals surface area contributed by atoms with E-state index in [9.17, 15) is 14.4 Å². The minimum Gasteiger partial charge on any atom is -0.493 e. The Morgan fingerprint density at radius 3 is 2.23 bits per heavy atom. The van der Waals surface area contributed by atoms with Gasteiger partial charge in [0.15, 0.2) is 18.1 Å². The summed E-state index contributed by atoms with van der Waals surface area (Å²) in [4.78, 5) is 34.8. The van der Waals surface area contributed by atoms with Crippen LogP contribution in [0.25, 0.3) is 6.08 Å². The number of amides is 2. The maximum Gasteiger partial charge on any atom is 0.331 e. The van der Waals surface area contributed by atoms with E-state index >= 15 is 0 Å². The Morgan fingerprint density at radius 1 is 0.967 bits per heavy atom. The van der Waals surface area contributed by atoms with Gasteiger partial charge in [0, 0.05) is 24.4 Å². The summed E-state index contributed by atoms with van der Waals surface area (Å²) in [6.45, 7) is 3.37. The third-order valence-corrected chi connectivity index (χ3v) is 3.73. The zero-order chi connectivity index (χ0) is 21.9. The molecule has 2 aromatic rings. The summed E-state index contributed by atoms with van der Waals surface area (Å²) in [7, 11) is 1.53. The Bertz CT molecular complexity index is 922. The average molecular weight is 412 g/mol. The standard InChI is InChI=1S/C22H24N2O6/c1-4-29-19-11-5-16(13-20(19)28-3)6-12-22(27)30-14-21(26)24-18-9-7-17(8-10-18)23-15(2)25/h5-13H,4,14H2,1-3H3,(H,23,25)(H,24,26)/b12-6+. The molecule has 0 aliphatic rings. The highest BCUT2D eigenvalue weighted by molar-refractivity contribution is 5.95. The highest BCUT2D eigenvalue weighted by atomic mass is 16.5. The summed E-state index contributed by atoms with van der Waals surface area (Å²) >= 11 is 0. The Kier molecular flexibility index (Phi) is 8.43. The molecule has 0 heterocycles. The Balaban J connectivity index is 1.83. The van der Waals surface area contributed by atoms with E-state index in [0.29, 0.717) is 29.5 Å². The molecule has 0 spiro atoms. The first-order valence-corrected chi connectivity index (χ1v) is 9.24. The summed E-state index contributed by atoms with van der Waals surface area (Å²) in [6.07, 6.45) is 2.78. The lowest BCUT2D eigenvalue weighted by atomic mass is 10.2. The monoisotopic (exact) mass is 412 g/mol. The molecule has 8 heteroatoms. The number of ether oxygens (including phenoxy) is 3. The second kappa shape index (κ2) is 11.3. The molecule has 0 radical (unpaired) electrons. The van der Waals surface area contributed by atoms with Gasteiger partial charge in [-0.05, 0) is 55.0 Å². The summed E-state index contributed by atoms with van der Waals surface area (Å²) in [5.41, 5.74) is 1.85. The van der Waals surface area contributed by atoms with Gasteiger partial charge in [0.1, 0.15) is 0 Å². The second-order valence-electron chi connectivity index (χ2n) is 6.09. The van der Waals surface area contributed by atoms with Crippen LogP contribution >= 0.6 is 0 Å². The van der Waals surface area contributed by atoms with Crippen molar-refractivity contribution in [1.82, 2.24) is 0 Å². The number of nitrogens with one attached hydrogen (secondary N) is 2. The van der Waals surface area contributed by atoms with Gasteiger partial charge in [0.05, 0.1) is 13.7 Å². The van der Waals surface area contributed by atoms with Crippen LogP contribution in [0.2, 0.25) is 0 Å². The van der Waals surface area contributed by atoms with Gasteiger partial charge in [0.25, 0.3) is 5.91 Å². The first-order chi connectivity index (χ1) is 14.4. The first kappa shape index (κ1) is 22.5. The lowest BCUT2D eigenvalue weighted by molar-refractivity contribution is -0.142. The molecule has 2 amide bonds. The van der Waals surface area contributed by atoms with Crippen LogP contribution in [-0.4, -0.2) is 38.1 Å². The molecule has 0 atom stereocenters. The van der Waals surface area contributed by atoms with Crippen LogP contribution in [0.15, 0.2) is 48.5 Å². The van der Waals surface area contributed by atoms with Crippen molar-refractivity contribution in [3.63, 3.8) is 0 Å². The molecule has 0 unspecified atom stereocenters. The highest BCUT2D eigenvalue weighted by Crippen LogP contribution is 2.28. The van der Waals surface area contributed by atoms with Crippen molar-refractivity contribution < 1.29 is 28.6 Å². The number of carbonyl (C=O) groups is 3. The van der Waals surface area contributed by atoms with Crippen LogP contribution in [0.1, 0.15) is 19.4 Å². The van der Waals surface area contributed by atoms with Gasteiger partial charge < -0.3 is 24.8 Å². The Labute approximate surface area is 174 Å². The molecule has 0 aliphatic carbocycles. The van der Waals surface area contributed by atoms with Crippen LogP contribution in [0.5, 0.6) is 11.5 Å². The Morgan fingerprint density at radius 2 is 1.63 bits per heavy atom. The van der Waals surface area contributed by atoms with E-state index in [1.165, 1.54) is 20.1 Å². The van der Waals surface area contributed by atoms with E-state index in [-0.39, 0.29) is 5.91 Å². The third-order valence-electron chi connectivity index (χ3n) is 3.73. The van der Waals surface area contributed by atoms with E-state index in [4.69, 9.17) is 14.2 Å². The zero-order valence-corrected chi connectivity index (χ0v) is 17.1. The van der Waals surface area contributed by atoms with Crippen molar-refractivity contribution in [2.75, 3.05) is 31.0 Å². The van der Waals surface area contributed by atoms with E-state index in [2.05, 4.69) is 10.6 Å². The van der Waals surface area contributed by atoms with Crippen LogP contribution in [-0.2, 0) is 19.1 Å². The molecule has 0 aromatic heterocycles. The van der Waals surface area contributed by atoms with Gasteiger partial charge in [0.2, 0.25) is 5.91 Å². The molecule has 8 nitrogen and oxygen atoms in total. The normalized spacial score (nSPS) is 10.4. The molecule has 158 valence electrons.